The van der Waals surface area contributed by atoms with Crippen molar-refractivity contribution >= 4 is 22.5 Å². The zero-order chi connectivity index (χ0) is 16.4. The predicted octanol–water partition coefficient (Wildman–Crippen LogP) is 2.19. The van der Waals surface area contributed by atoms with Gasteiger partial charge in [-0.25, -0.2) is 0 Å². The van der Waals surface area contributed by atoms with Crippen molar-refractivity contribution in [2.45, 2.75) is 6.54 Å². The standard InChI is InChI=1S/C17H21N5O/c1-20(2)8-9-22-11-13(10-18-22)19-17(23)15-12-21(3)16-7-5-4-6-14(15)16/h4-7,10-12H,8-9H2,1-3H3,(H,19,23). The summed E-state index contributed by atoms with van der Waals surface area (Å²) in [7, 11) is 5.98. The Bertz CT molecular complexity index is 830. The number of nitrogens with one attached hydrogen (secondary N) is 1. The van der Waals surface area contributed by atoms with Crippen molar-refractivity contribution in [1.82, 2.24) is 19.2 Å². The number of carbonyl (C=O) groups excluding carboxylic acids is 1. The molecular formula is C17H21N5O. The number of amides is 1. The molecule has 0 fully saturated rings. The molecule has 6 nitrogen and oxygen atoms in total. The van der Waals surface area contributed by atoms with Gasteiger partial charge in [-0.2, -0.15) is 5.10 Å². The second-order valence-electron chi connectivity index (χ2n) is 5.92. The highest BCUT2D eigenvalue weighted by Gasteiger charge is 2.14. The molecule has 0 radical (unpaired) electrons. The summed E-state index contributed by atoms with van der Waals surface area (Å²) in [5.41, 5.74) is 2.42. The van der Waals surface area contributed by atoms with E-state index in [9.17, 15) is 4.79 Å². The minimum atomic E-state index is -0.117. The molecule has 0 saturated heterocycles. The maximum Gasteiger partial charge on any atom is 0.257 e. The summed E-state index contributed by atoms with van der Waals surface area (Å²) in [4.78, 5) is 14.6. The van der Waals surface area contributed by atoms with Gasteiger partial charge in [0.25, 0.3) is 5.91 Å². The van der Waals surface area contributed by atoms with Gasteiger partial charge in [0.1, 0.15) is 0 Å². The fourth-order valence-corrected chi connectivity index (χ4v) is 2.57. The Balaban J connectivity index is 1.76. The first kappa shape index (κ1) is 15.3. The minimum Gasteiger partial charge on any atom is -0.350 e. The predicted molar refractivity (Wildman–Crippen MR) is 91.7 cm³/mol. The van der Waals surface area contributed by atoms with Crippen LogP contribution in [-0.4, -0.2) is 45.8 Å². The SMILES string of the molecule is CN(C)CCn1cc(NC(=O)c2cn(C)c3ccccc23)cn1. The number of anilines is 1. The number of hydrogen-bond donors (Lipinski definition) is 1. The molecule has 120 valence electrons. The van der Waals surface area contributed by atoms with Gasteiger partial charge in [0.2, 0.25) is 0 Å². The maximum absolute atomic E-state index is 12.5. The molecule has 23 heavy (non-hydrogen) atoms. The van der Waals surface area contributed by atoms with Crippen molar-refractivity contribution in [3.05, 3.63) is 48.4 Å². The molecule has 1 amide bonds. The van der Waals surface area contributed by atoms with Crippen molar-refractivity contribution in [2.24, 2.45) is 7.05 Å². The van der Waals surface area contributed by atoms with E-state index in [4.69, 9.17) is 0 Å². The van der Waals surface area contributed by atoms with Gasteiger partial charge in [-0.15, -0.1) is 0 Å². The third-order valence-corrected chi connectivity index (χ3v) is 3.81. The molecule has 3 aromatic rings. The normalized spacial score (nSPS) is 11.3. The van der Waals surface area contributed by atoms with E-state index in [-0.39, 0.29) is 5.91 Å². The average molecular weight is 311 g/mol. The van der Waals surface area contributed by atoms with Gasteiger partial charge in [0.15, 0.2) is 0 Å². The van der Waals surface area contributed by atoms with Gasteiger partial charge in [-0.05, 0) is 20.2 Å². The van der Waals surface area contributed by atoms with Crippen LogP contribution in [0.5, 0.6) is 0 Å². The molecule has 0 aliphatic heterocycles. The van der Waals surface area contributed by atoms with Crippen LogP contribution in [0.3, 0.4) is 0 Å². The van der Waals surface area contributed by atoms with Crippen LogP contribution in [0, 0.1) is 0 Å². The summed E-state index contributed by atoms with van der Waals surface area (Å²) in [5, 5.41) is 8.15. The van der Waals surface area contributed by atoms with Crippen LogP contribution >= 0.6 is 0 Å². The van der Waals surface area contributed by atoms with Crippen LogP contribution in [0.2, 0.25) is 0 Å². The molecular weight excluding hydrogens is 290 g/mol. The van der Waals surface area contributed by atoms with Crippen molar-refractivity contribution < 1.29 is 4.79 Å². The molecule has 1 aromatic carbocycles. The zero-order valence-electron chi connectivity index (χ0n) is 13.7. The topological polar surface area (TPSA) is 55.1 Å². The number of para-hydroxylation sites is 1. The van der Waals surface area contributed by atoms with E-state index in [1.54, 1.807) is 6.20 Å². The minimum absolute atomic E-state index is 0.117. The Kier molecular flexibility index (Phi) is 4.16. The average Bonchev–Trinajstić information content (AvgIpc) is 3.10. The second-order valence-corrected chi connectivity index (χ2v) is 5.92. The quantitative estimate of drug-likeness (QED) is 0.786. The molecule has 0 bridgehead atoms. The lowest BCUT2D eigenvalue weighted by Crippen LogP contribution is -2.18. The van der Waals surface area contributed by atoms with E-state index >= 15 is 0 Å². The third kappa shape index (κ3) is 3.27. The summed E-state index contributed by atoms with van der Waals surface area (Å²) in [5.74, 6) is -0.117. The van der Waals surface area contributed by atoms with E-state index in [2.05, 4.69) is 15.3 Å². The summed E-state index contributed by atoms with van der Waals surface area (Å²) < 4.78 is 3.80. The Labute approximate surface area is 135 Å². The van der Waals surface area contributed by atoms with Crippen molar-refractivity contribution in [3.8, 4) is 0 Å². The molecule has 0 atom stereocenters. The van der Waals surface area contributed by atoms with Crippen LogP contribution in [0.25, 0.3) is 10.9 Å². The number of aryl methyl sites for hydroxylation is 1. The molecule has 1 N–H and O–H groups in total. The number of hydrogen-bond acceptors (Lipinski definition) is 3. The van der Waals surface area contributed by atoms with Gasteiger partial charge >= 0.3 is 0 Å². The maximum atomic E-state index is 12.5. The Morgan fingerprint density at radius 1 is 1.26 bits per heavy atom. The zero-order valence-corrected chi connectivity index (χ0v) is 13.7. The molecule has 2 aromatic heterocycles. The molecule has 6 heteroatoms. The summed E-state index contributed by atoms with van der Waals surface area (Å²) >= 11 is 0. The van der Waals surface area contributed by atoms with Gasteiger partial charge in [-0.3, -0.25) is 9.48 Å². The first-order chi connectivity index (χ1) is 11.0. The molecule has 0 spiro atoms. The monoisotopic (exact) mass is 311 g/mol. The lowest BCUT2D eigenvalue weighted by Gasteiger charge is -2.08. The lowest BCUT2D eigenvalue weighted by atomic mass is 10.1. The number of likely N-dealkylation sites (N-methyl/N-ethyl adjacent to an activating group) is 1. The lowest BCUT2D eigenvalue weighted by molar-refractivity contribution is 0.102. The third-order valence-electron chi connectivity index (χ3n) is 3.81. The van der Waals surface area contributed by atoms with Gasteiger partial charge < -0.3 is 14.8 Å². The number of fused-ring (bicyclic) bond motifs is 1. The molecule has 3 rings (SSSR count). The Morgan fingerprint density at radius 2 is 2.04 bits per heavy atom. The number of rotatable bonds is 5. The molecule has 2 heterocycles. The summed E-state index contributed by atoms with van der Waals surface area (Å²) in [6, 6.07) is 7.88. The van der Waals surface area contributed by atoms with Crippen LogP contribution in [0.15, 0.2) is 42.9 Å². The van der Waals surface area contributed by atoms with E-state index in [1.807, 2.05) is 67.1 Å². The molecule has 0 unspecified atom stereocenters. The van der Waals surface area contributed by atoms with E-state index in [0.717, 1.165) is 24.0 Å². The fourth-order valence-electron chi connectivity index (χ4n) is 2.57. The van der Waals surface area contributed by atoms with Gasteiger partial charge in [-0.1, -0.05) is 18.2 Å². The molecule has 0 aliphatic carbocycles. The van der Waals surface area contributed by atoms with E-state index < -0.39 is 0 Å². The summed E-state index contributed by atoms with van der Waals surface area (Å²) in [6.07, 6.45) is 5.39. The largest absolute Gasteiger partial charge is 0.350 e. The van der Waals surface area contributed by atoms with E-state index in [1.165, 1.54) is 0 Å². The first-order valence-electron chi connectivity index (χ1n) is 7.57. The van der Waals surface area contributed by atoms with Crippen LogP contribution in [-0.2, 0) is 13.6 Å². The van der Waals surface area contributed by atoms with Crippen LogP contribution < -0.4 is 5.32 Å². The van der Waals surface area contributed by atoms with Crippen molar-refractivity contribution in [3.63, 3.8) is 0 Å². The highest BCUT2D eigenvalue weighted by atomic mass is 16.1. The highest BCUT2D eigenvalue weighted by Crippen LogP contribution is 2.21. The first-order valence-corrected chi connectivity index (χ1v) is 7.57. The number of benzene rings is 1. The Morgan fingerprint density at radius 3 is 2.83 bits per heavy atom. The van der Waals surface area contributed by atoms with Crippen LogP contribution in [0.1, 0.15) is 10.4 Å². The number of nitrogens with zero attached hydrogens (tertiary/aromatic N) is 4. The number of aromatic nitrogens is 3. The summed E-state index contributed by atoms with van der Waals surface area (Å²) in [6.45, 7) is 1.69. The van der Waals surface area contributed by atoms with Gasteiger partial charge in [0, 0.05) is 36.9 Å². The number of carbonyl (C=O) groups is 1. The second kappa shape index (κ2) is 6.26. The smallest absolute Gasteiger partial charge is 0.257 e. The van der Waals surface area contributed by atoms with Crippen LogP contribution in [0.4, 0.5) is 5.69 Å². The Hall–Kier alpha value is -2.60. The van der Waals surface area contributed by atoms with Crippen molar-refractivity contribution in [2.75, 3.05) is 26.0 Å². The fraction of sp³-hybridized carbons (Fsp3) is 0.294. The molecule has 0 aliphatic rings. The van der Waals surface area contributed by atoms with Crippen molar-refractivity contribution in [1.29, 1.82) is 0 Å². The highest BCUT2D eigenvalue weighted by molar-refractivity contribution is 6.12. The van der Waals surface area contributed by atoms with Gasteiger partial charge in [0.05, 0.1) is 24.0 Å². The van der Waals surface area contributed by atoms with E-state index in [0.29, 0.717) is 11.3 Å². The molecule has 0 saturated carbocycles.